The monoisotopic (exact) mass is 495 g/mol. The van der Waals surface area contributed by atoms with Gasteiger partial charge in [0.1, 0.15) is 0 Å². The van der Waals surface area contributed by atoms with Gasteiger partial charge in [0.15, 0.2) is 0 Å². The molecule has 4 nitrogen and oxygen atoms in total. The van der Waals surface area contributed by atoms with E-state index in [1.807, 2.05) is 12.5 Å². The first-order valence-electron chi connectivity index (χ1n) is 12.9. The second-order valence-corrected chi connectivity index (χ2v) is 14.0. The van der Waals surface area contributed by atoms with Crippen LogP contribution in [0.25, 0.3) is 0 Å². The number of nitrogens with one attached hydrogen (secondary N) is 1. The molecule has 0 spiro atoms. The van der Waals surface area contributed by atoms with E-state index in [-0.39, 0.29) is 23.0 Å². The van der Waals surface area contributed by atoms with Crippen molar-refractivity contribution in [3.8, 4) is 0 Å². The minimum absolute atomic E-state index is 0.00191. The van der Waals surface area contributed by atoms with Crippen LogP contribution < -0.4 is 15.7 Å². The van der Waals surface area contributed by atoms with Gasteiger partial charge < -0.3 is 14.3 Å². The van der Waals surface area contributed by atoms with Crippen LogP contribution in [0.3, 0.4) is 0 Å². The van der Waals surface area contributed by atoms with Gasteiger partial charge in [0.2, 0.25) is 9.04 Å². The molecule has 5 rings (SSSR count). The normalized spacial score (nSPS) is 17.9. The van der Waals surface area contributed by atoms with Gasteiger partial charge in [-0.25, -0.2) is 4.98 Å². The fourth-order valence-corrected chi connectivity index (χ4v) is 8.12. The predicted octanol–water partition coefficient (Wildman–Crippen LogP) is 5.57. The Kier molecular flexibility index (Phi) is 6.62. The van der Waals surface area contributed by atoms with Gasteiger partial charge >= 0.3 is 0 Å². The van der Waals surface area contributed by atoms with E-state index in [0.29, 0.717) is 0 Å². The van der Waals surface area contributed by atoms with Gasteiger partial charge in [-0.1, -0.05) is 113 Å². The highest BCUT2D eigenvalue weighted by molar-refractivity contribution is 6.80. The number of aromatic nitrogens is 2. The van der Waals surface area contributed by atoms with Crippen LogP contribution >= 0.6 is 0 Å². The average molecular weight is 496 g/mol. The molecule has 0 fully saturated rings. The van der Waals surface area contributed by atoms with Crippen molar-refractivity contribution in [3.05, 3.63) is 109 Å². The average Bonchev–Trinajstić information content (AvgIpc) is 3.33. The molecule has 2 atom stereocenters. The summed E-state index contributed by atoms with van der Waals surface area (Å²) in [6.07, 6.45) is 3.92. The summed E-state index contributed by atoms with van der Waals surface area (Å²) >= 11 is 0. The van der Waals surface area contributed by atoms with Crippen molar-refractivity contribution in [2.24, 2.45) is 10.8 Å². The molecular formula is C31H37N3OSi. The van der Waals surface area contributed by atoms with Crippen molar-refractivity contribution in [1.82, 2.24) is 9.55 Å². The van der Waals surface area contributed by atoms with Crippen molar-refractivity contribution >= 4 is 25.1 Å². The van der Waals surface area contributed by atoms with Gasteiger partial charge in [-0.2, -0.15) is 0 Å². The highest BCUT2D eigenvalue weighted by atomic mass is 28.3. The highest BCUT2D eigenvalue weighted by Crippen LogP contribution is 2.46. The standard InChI is InChI=1S/C31H37N3OSi/c1-30(2,3)29(35-36(23-14-8-6-9-15-23)24-16-10-7-11-17-24)27-20-32-22-34(27)28-25-18-12-13-19-26(25)33-21-31(28,4)5/h6-20,22,28-29,33,36H,21H2,1-5H3. The zero-order valence-electron chi connectivity index (χ0n) is 22.0. The molecule has 1 N–H and O–H groups in total. The van der Waals surface area contributed by atoms with E-state index in [1.54, 1.807) is 0 Å². The molecule has 36 heavy (non-hydrogen) atoms. The SMILES string of the molecule is CC(C)(C)C(O[SiH](c1ccccc1)c1ccccc1)c1cncn1C1c2ccccc2NCC1(C)C. The van der Waals surface area contributed by atoms with Gasteiger partial charge in [-0.05, 0) is 27.4 Å². The van der Waals surface area contributed by atoms with E-state index in [0.717, 1.165) is 12.2 Å². The molecular weight excluding hydrogens is 458 g/mol. The van der Waals surface area contributed by atoms with Crippen LogP contribution in [0.4, 0.5) is 5.69 Å². The quantitative estimate of drug-likeness (QED) is 0.356. The summed E-state index contributed by atoms with van der Waals surface area (Å²) in [5, 5.41) is 6.22. The molecule has 1 aliphatic heterocycles. The summed E-state index contributed by atoms with van der Waals surface area (Å²) < 4.78 is 9.67. The van der Waals surface area contributed by atoms with Gasteiger partial charge in [0.25, 0.3) is 0 Å². The molecule has 2 heterocycles. The molecule has 2 unspecified atom stereocenters. The third-order valence-corrected chi connectivity index (χ3v) is 9.76. The lowest BCUT2D eigenvalue weighted by Gasteiger charge is -2.43. The van der Waals surface area contributed by atoms with Crippen molar-refractivity contribution in [1.29, 1.82) is 0 Å². The Balaban J connectivity index is 1.61. The lowest BCUT2D eigenvalue weighted by Crippen LogP contribution is -2.48. The minimum atomic E-state index is -1.97. The van der Waals surface area contributed by atoms with E-state index in [1.165, 1.54) is 21.6 Å². The Morgan fingerprint density at radius 2 is 1.50 bits per heavy atom. The Labute approximate surface area is 217 Å². The van der Waals surface area contributed by atoms with Crippen LogP contribution in [0.1, 0.15) is 58.0 Å². The summed E-state index contributed by atoms with van der Waals surface area (Å²) in [5.74, 6) is 0. The maximum Gasteiger partial charge on any atom is 0.240 e. The first kappa shape index (κ1) is 24.5. The number of anilines is 1. The maximum atomic E-state index is 7.28. The third-order valence-electron chi connectivity index (χ3n) is 7.24. The van der Waals surface area contributed by atoms with Crippen LogP contribution in [0, 0.1) is 10.8 Å². The van der Waals surface area contributed by atoms with Gasteiger partial charge in [-0.15, -0.1) is 0 Å². The molecule has 0 saturated carbocycles. The fraction of sp³-hybridized carbons (Fsp3) is 0.323. The number of imidazole rings is 1. The number of fused-ring (bicyclic) bond motifs is 1. The Morgan fingerprint density at radius 1 is 0.917 bits per heavy atom. The van der Waals surface area contributed by atoms with Crippen molar-refractivity contribution < 1.29 is 4.43 Å². The van der Waals surface area contributed by atoms with E-state index < -0.39 is 9.04 Å². The number of nitrogens with zero attached hydrogens (tertiary/aromatic N) is 2. The van der Waals surface area contributed by atoms with Crippen LogP contribution in [0.15, 0.2) is 97.5 Å². The fourth-order valence-electron chi connectivity index (χ4n) is 5.46. The topological polar surface area (TPSA) is 39.1 Å². The summed E-state index contributed by atoms with van der Waals surface area (Å²) in [5.41, 5.74) is 3.53. The molecule has 4 aromatic rings. The van der Waals surface area contributed by atoms with Crippen LogP contribution in [0.2, 0.25) is 0 Å². The smallest absolute Gasteiger partial charge is 0.240 e. The third kappa shape index (κ3) is 4.78. The van der Waals surface area contributed by atoms with Crippen molar-refractivity contribution in [2.45, 2.75) is 46.8 Å². The highest BCUT2D eigenvalue weighted by Gasteiger charge is 2.41. The number of rotatable bonds is 6. The largest absolute Gasteiger partial charge is 0.402 e. The molecule has 0 aliphatic carbocycles. The summed E-state index contributed by atoms with van der Waals surface area (Å²) in [7, 11) is -1.97. The zero-order valence-corrected chi connectivity index (χ0v) is 23.1. The molecule has 0 radical (unpaired) electrons. The Hall–Kier alpha value is -3.15. The summed E-state index contributed by atoms with van der Waals surface area (Å²) in [4.78, 5) is 4.70. The van der Waals surface area contributed by atoms with E-state index in [2.05, 4.69) is 129 Å². The molecule has 1 aromatic heterocycles. The Morgan fingerprint density at radius 3 is 2.11 bits per heavy atom. The number of hydrogen-bond donors (Lipinski definition) is 1. The van der Waals surface area contributed by atoms with E-state index in [9.17, 15) is 0 Å². The summed E-state index contributed by atoms with van der Waals surface area (Å²) in [6.45, 7) is 12.4. The van der Waals surface area contributed by atoms with Crippen LogP contribution in [-0.2, 0) is 4.43 Å². The molecule has 0 bridgehead atoms. The predicted molar refractivity (Wildman–Crippen MR) is 152 cm³/mol. The molecule has 1 aliphatic rings. The second kappa shape index (κ2) is 9.72. The first-order chi connectivity index (χ1) is 17.3. The molecule has 5 heteroatoms. The number of para-hydroxylation sites is 1. The van der Waals surface area contributed by atoms with Crippen LogP contribution in [0.5, 0.6) is 0 Å². The van der Waals surface area contributed by atoms with E-state index in [4.69, 9.17) is 9.41 Å². The lowest BCUT2D eigenvalue weighted by atomic mass is 9.76. The molecule has 0 saturated heterocycles. The van der Waals surface area contributed by atoms with Crippen LogP contribution in [-0.4, -0.2) is 25.1 Å². The molecule has 3 aromatic carbocycles. The maximum absolute atomic E-state index is 7.28. The van der Waals surface area contributed by atoms with Gasteiger partial charge in [0.05, 0.1) is 30.4 Å². The lowest BCUT2D eigenvalue weighted by molar-refractivity contribution is 0.0780. The molecule has 0 amide bonds. The number of hydrogen-bond acceptors (Lipinski definition) is 3. The summed E-state index contributed by atoms with van der Waals surface area (Å²) in [6, 6.07) is 30.3. The number of benzene rings is 3. The van der Waals surface area contributed by atoms with Crippen molar-refractivity contribution in [2.75, 3.05) is 11.9 Å². The van der Waals surface area contributed by atoms with E-state index >= 15 is 0 Å². The Bertz CT molecular complexity index is 1250. The first-order valence-corrected chi connectivity index (χ1v) is 14.5. The van der Waals surface area contributed by atoms with Gasteiger partial charge in [-0.3, -0.25) is 0 Å². The van der Waals surface area contributed by atoms with Gasteiger partial charge in [0, 0.05) is 17.6 Å². The minimum Gasteiger partial charge on any atom is -0.402 e. The van der Waals surface area contributed by atoms with Crippen molar-refractivity contribution in [3.63, 3.8) is 0 Å². The molecule has 186 valence electrons. The second-order valence-electron chi connectivity index (χ2n) is 11.6. The zero-order chi connectivity index (χ0) is 25.3.